The molecule has 0 bridgehead atoms. The fourth-order valence-electron chi connectivity index (χ4n) is 4.74. The van der Waals surface area contributed by atoms with Gasteiger partial charge < -0.3 is 14.3 Å². The van der Waals surface area contributed by atoms with Crippen LogP contribution < -0.4 is 5.32 Å². The van der Waals surface area contributed by atoms with Crippen LogP contribution in [0.2, 0.25) is 0 Å². The minimum absolute atomic E-state index is 0.0475. The Kier molecular flexibility index (Phi) is 7.10. The number of halogens is 3. The van der Waals surface area contributed by atoms with Crippen LogP contribution in [0, 0.1) is 41.2 Å². The van der Waals surface area contributed by atoms with E-state index in [1.165, 1.54) is 16.5 Å². The molecule has 0 fully saturated rings. The molecule has 3 aromatic heterocycles. The number of nitrogens with one attached hydrogen (secondary N) is 1. The molecule has 3 heterocycles. The number of rotatable bonds is 6. The van der Waals surface area contributed by atoms with Gasteiger partial charge in [-0.05, 0) is 43.3 Å². The van der Waals surface area contributed by atoms with E-state index < -0.39 is 29.0 Å². The van der Waals surface area contributed by atoms with Crippen molar-refractivity contribution < 1.29 is 18.4 Å². The van der Waals surface area contributed by atoms with Crippen molar-refractivity contribution in [2.75, 3.05) is 11.2 Å². The van der Waals surface area contributed by atoms with Crippen LogP contribution in [0.15, 0.2) is 60.8 Å². The first kappa shape index (κ1) is 27.3. The number of aryl methyl sites for hydroxylation is 2. The highest BCUT2D eigenvalue weighted by atomic mass is 35.5. The lowest BCUT2D eigenvalue weighted by Crippen LogP contribution is -2.13. The summed E-state index contributed by atoms with van der Waals surface area (Å²) in [5.41, 5.74) is 2.03. The average Bonchev–Trinajstić information content (AvgIpc) is 3.52. The first-order chi connectivity index (χ1) is 19.7. The average molecular weight is 569 g/mol. The van der Waals surface area contributed by atoms with Gasteiger partial charge in [-0.1, -0.05) is 12.1 Å². The first-order valence-corrected chi connectivity index (χ1v) is 12.7. The minimum Gasteiger partial charge on any atom is -0.331 e. The number of pyridine rings is 1. The fourth-order valence-corrected chi connectivity index (χ4v) is 4.83. The number of aromatic nitrogens is 3. The van der Waals surface area contributed by atoms with Gasteiger partial charge in [-0.25, -0.2) is 13.8 Å². The predicted octanol–water partition coefficient (Wildman–Crippen LogP) is 5.79. The second-order valence-corrected chi connectivity index (χ2v) is 9.38. The number of alkyl halides is 1. The number of nitriles is 2. The van der Waals surface area contributed by atoms with E-state index in [0.29, 0.717) is 33.5 Å². The van der Waals surface area contributed by atoms with E-state index in [1.54, 1.807) is 49.0 Å². The van der Waals surface area contributed by atoms with Crippen molar-refractivity contribution in [2.45, 2.75) is 6.92 Å². The van der Waals surface area contributed by atoms with Gasteiger partial charge in [0.05, 0.1) is 33.9 Å². The van der Waals surface area contributed by atoms with Crippen molar-refractivity contribution in [1.29, 1.82) is 10.5 Å². The van der Waals surface area contributed by atoms with E-state index in [4.69, 9.17) is 11.6 Å². The summed E-state index contributed by atoms with van der Waals surface area (Å²) in [5.74, 6) is -3.00. The van der Waals surface area contributed by atoms with Gasteiger partial charge in [0, 0.05) is 41.9 Å². The normalized spacial score (nSPS) is 11.2. The molecular formula is C30H19ClF2N6O2. The molecule has 0 spiro atoms. The Morgan fingerprint density at radius 3 is 2.49 bits per heavy atom. The van der Waals surface area contributed by atoms with Gasteiger partial charge in [-0.15, -0.1) is 11.6 Å². The molecule has 202 valence electrons. The number of anilines is 1. The Morgan fingerprint density at radius 1 is 1.10 bits per heavy atom. The van der Waals surface area contributed by atoms with Gasteiger partial charge in [-0.2, -0.15) is 10.5 Å². The van der Waals surface area contributed by atoms with Gasteiger partial charge in [0.25, 0.3) is 0 Å². The molecule has 1 N–H and O–H groups in total. The van der Waals surface area contributed by atoms with E-state index in [2.05, 4.69) is 22.4 Å². The monoisotopic (exact) mass is 568 g/mol. The van der Waals surface area contributed by atoms with Crippen molar-refractivity contribution in [3.8, 4) is 23.3 Å². The van der Waals surface area contributed by atoms with Crippen LogP contribution in [-0.4, -0.2) is 31.5 Å². The third-order valence-electron chi connectivity index (χ3n) is 6.74. The zero-order chi connectivity index (χ0) is 29.4. The lowest BCUT2D eigenvalue weighted by atomic mass is 9.94. The molecule has 1 amide bonds. The summed E-state index contributed by atoms with van der Waals surface area (Å²) in [6.07, 6.45) is 3.95. The molecule has 5 rings (SSSR count). The summed E-state index contributed by atoms with van der Waals surface area (Å²) < 4.78 is 32.9. The summed E-state index contributed by atoms with van der Waals surface area (Å²) in [4.78, 5) is 29.8. The maximum absolute atomic E-state index is 14.8. The van der Waals surface area contributed by atoms with Crippen molar-refractivity contribution in [3.05, 3.63) is 101 Å². The number of nitrogens with zero attached hydrogens (tertiary/aromatic N) is 5. The second kappa shape index (κ2) is 10.7. The smallest absolute Gasteiger partial charge is 0.248 e. The molecule has 0 unspecified atom stereocenters. The predicted molar refractivity (Wildman–Crippen MR) is 150 cm³/mol. The highest BCUT2D eigenvalue weighted by Gasteiger charge is 2.24. The lowest BCUT2D eigenvalue weighted by Gasteiger charge is -2.12. The van der Waals surface area contributed by atoms with E-state index in [1.807, 2.05) is 0 Å². The molecule has 0 saturated heterocycles. The van der Waals surface area contributed by atoms with Gasteiger partial charge in [0.15, 0.2) is 0 Å². The highest BCUT2D eigenvalue weighted by molar-refractivity contribution is 6.19. The third-order valence-corrected chi connectivity index (χ3v) is 6.92. The number of hydrogen-bond donors (Lipinski definition) is 1. The quantitative estimate of drug-likeness (QED) is 0.158. The van der Waals surface area contributed by atoms with Gasteiger partial charge in [0.1, 0.15) is 34.7 Å². The number of carbonyl (C=O) groups is 2. The third kappa shape index (κ3) is 4.61. The Hall–Kier alpha value is -5.32. The maximum Gasteiger partial charge on any atom is 0.248 e. The molecular weight excluding hydrogens is 550 g/mol. The molecule has 0 saturated carbocycles. The van der Waals surface area contributed by atoms with E-state index in [9.17, 15) is 28.9 Å². The number of imidazole rings is 1. The van der Waals surface area contributed by atoms with E-state index in [0.717, 1.165) is 18.2 Å². The van der Waals surface area contributed by atoms with E-state index in [-0.39, 0.29) is 28.3 Å². The van der Waals surface area contributed by atoms with Gasteiger partial charge in [-0.3, -0.25) is 9.59 Å². The molecule has 8 nitrogen and oxygen atoms in total. The molecule has 0 aliphatic heterocycles. The molecule has 0 aliphatic carbocycles. The summed E-state index contributed by atoms with van der Waals surface area (Å²) >= 11 is 5.47. The van der Waals surface area contributed by atoms with Crippen molar-refractivity contribution in [2.24, 2.45) is 7.05 Å². The fraction of sp³-hybridized carbons (Fsp3) is 0.100. The molecule has 5 aromatic rings. The van der Waals surface area contributed by atoms with Crippen molar-refractivity contribution in [1.82, 2.24) is 14.0 Å². The Morgan fingerprint density at radius 2 is 1.83 bits per heavy atom. The summed E-state index contributed by atoms with van der Waals surface area (Å²) in [5, 5.41) is 22.2. The summed E-state index contributed by atoms with van der Waals surface area (Å²) in [6, 6.07) is 14.2. The Bertz CT molecular complexity index is 2000. The first-order valence-electron chi connectivity index (χ1n) is 12.2. The number of hydrogen-bond acceptors (Lipinski definition) is 5. The van der Waals surface area contributed by atoms with Crippen LogP contribution in [0.4, 0.5) is 14.5 Å². The van der Waals surface area contributed by atoms with E-state index >= 15 is 0 Å². The summed E-state index contributed by atoms with van der Waals surface area (Å²) in [6.45, 7) is 1.79. The SMILES string of the molecule is Cc1nc2c(C#N)c(-c3cccn4c(C(=O)c5cc(F)c(NC(=O)/C=C/CCl)c(F)c5)ccc34)c(C#N)cc2n1C. The molecule has 2 aromatic carbocycles. The molecule has 11 heteroatoms. The highest BCUT2D eigenvalue weighted by Crippen LogP contribution is 2.36. The molecule has 0 aliphatic rings. The summed E-state index contributed by atoms with van der Waals surface area (Å²) in [7, 11) is 1.79. The molecule has 0 atom stereocenters. The van der Waals surface area contributed by atoms with Crippen LogP contribution >= 0.6 is 11.6 Å². The van der Waals surface area contributed by atoms with Crippen LogP contribution in [0.25, 0.3) is 27.7 Å². The minimum atomic E-state index is -1.13. The number of ketones is 1. The van der Waals surface area contributed by atoms with Crippen LogP contribution in [0.1, 0.15) is 33.0 Å². The topological polar surface area (TPSA) is 116 Å². The van der Waals surface area contributed by atoms with Crippen molar-refractivity contribution >= 4 is 45.5 Å². The van der Waals surface area contributed by atoms with Gasteiger partial charge in [0.2, 0.25) is 11.7 Å². The maximum atomic E-state index is 14.8. The zero-order valence-electron chi connectivity index (χ0n) is 21.7. The number of amides is 1. The number of carbonyl (C=O) groups excluding carboxylic acids is 2. The Labute approximate surface area is 237 Å². The molecule has 0 radical (unpaired) electrons. The standard InChI is InChI=1S/C30H19ClF2N6O2/c1-16-36-28-20(15-35)27(18(14-34)13-25(28)38(16)2)19-5-4-10-39-23(19)7-8-24(39)30(41)17-11-21(32)29(22(33)12-17)37-26(40)6-3-9-31/h3-8,10-13H,9H2,1-2H3,(H,37,40)/b6-3+. The number of benzene rings is 2. The molecule has 41 heavy (non-hydrogen) atoms. The lowest BCUT2D eigenvalue weighted by molar-refractivity contribution is -0.112. The zero-order valence-corrected chi connectivity index (χ0v) is 22.4. The van der Waals surface area contributed by atoms with Crippen molar-refractivity contribution in [3.63, 3.8) is 0 Å². The Balaban J connectivity index is 1.62. The van der Waals surface area contributed by atoms with Crippen LogP contribution in [-0.2, 0) is 11.8 Å². The largest absolute Gasteiger partial charge is 0.331 e. The van der Waals surface area contributed by atoms with Crippen LogP contribution in [0.5, 0.6) is 0 Å². The second-order valence-electron chi connectivity index (χ2n) is 9.07. The van der Waals surface area contributed by atoms with Gasteiger partial charge >= 0.3 is 0 Å². The van der Waals surface area contributed by atoms with Crippen LogP contribution in [0.3, 0.4) is 0 Å². The number of fused-ring (bicyclic) bond motifs is 2. The number of allylic oxidation sites excluding steroid dienone is 1.